The van der Waals surface area contributed by atoms with Crippen LogP contribution in [0, 0.1) is 11.8 Å². The molecule has 2 aliphatic carbocycles. The van der Waals surface area contributed by atoms with E-state index in [9.17, 15) is 4.79 Å². The van der Waals surface area contributed by atoms with Crippen LogP contribution in [-0.4, -0.2) is 26.7 Å². The van der Waals surface area contributed by atoms with E-state index in [1.165, 1.54) is 51.4 Å². The summed E-state index contributed by atoms with van der Waals surface area (Å²) in [7, 11) is 0. The van der Waals surface area contributed by atoms with Crippen molar-refractivity contribution in [1.29, 1.82) is 0 Å². The smallest absolute Gasteiger partial charge is 0.231 e. The van der Waals surface area contributed by atoms with Crippen LogP contribution in [0.3, 0.4) is 0 Å². The Hall–Kier alpha value is -2.17. The number of carbonyl (C=O) groups is 1. The van der Waals surface area contributed by atoms with Crippen LogP contribution >= 0.6 is 0 Å². The zero-order chi connectivity index (χ0) is 20.7. The standard InChI is InChI=1S/C25H34N4O/c1-18(2)17-22(30)28-21-14-8-7-13-20(21)25(15-9-4-10-16-25)29-24(28)26-23(27-29)19-11-5-3-6-12-19/h3,5-6,11-12,18,20-21H,4,7-10,13-17H2,1-2H3/t20-,21+/m1/s1. The molecule has 1 amide bonds. The minimum absolute atomic E-state index is 0.0350. The summed E-state index contributed by atoms with van der Waals surface area (Å²) in [5.74, 6) is 2.64. The molecule has 2 fully saturated rings. The maximum absolute atomic E-state index is 13.5. The van der Waals surface area contributed by atoms with Crippen molar-refractivity contribution < 1.29 is 4.79 Å². The lowest BCUT2D eigenvalue weighted by molar-refractivity contribution is -0.121. The van der Waals surface area contributed by atoms with Crippen molar-refractivity contribution in [3.63, 3.8) is 0 Å². The SMILES string of the molecule is CC(C)CC(=O)N1c2nc(-c3ccccc3)nn2C2(CCCCC2)[C@@H]2CCCC[C@@H]21. The van der Waals surface area contributed by atoms with Gasteiger partial charge in [0.15, 0.2) is 5.82 Å². The van der Waals surface area contributed by atoms with Crippen molar-refractivity contribution in [2.24, 2.45) is 11.8 Å². The highest BCUT2D eigenvalue weighted by Crippen LogP contribution is 2.53. The molecule has 0 unspecified atom stereocenters. The molecular formula is C25H34N4O. The monoisotopic (exact) mass is 406 g/mol. The summed E-state index contributed by atoms with van der Waals surface area (Å²) in [6.45, 7) is 4.26. The van der Waals surface area contributed by atoms with Crippen molar-refractivity contribution in [3.05, 3.63) is 30.3 Å². The molecule has 160 valence electrons. The molecule has 1 aromatic heterocycles. The van der Waals surface area contributed by atoms with Gasteiger partial charge in [0, 0.05) is 23.9 Å². The predicted molar refractivity (Wildman–Crippen MR) is 119 cm³/mol. The van der Waals surface area contributed by atoms with E-state index < -0.39 is 0 Å². The van der Waals surface area contributed by atoms with Gasteiger partial charge in [-0.3, -0.25) is 9.69 Å². The number of amides is 1. The van der Waals surface area contributed by atoms with E-state index in [0.29, 0.717) is 18.3 Å². The highest BCUT2D eigenvalue weighted by molar-refractivity contribution is 5.93. The molecule has 2 heterocycles. The molecule has 5 nitrogen and oxygen atoms in total. The molecule has 0 N–H and O–H groups in total. The Morgan fingerprint density at radius 3 is 2.53 bits per heavy atom. The van der Waals surface area contributed by atoms with E-state index in [0.717, 1.165) is 23.8 Å². The zero-order valence-electron chi connectivity index (χ0n) is 18.4. The second kappa shape index (κ2) is 7.82. The molecule has 1 aliphatic heterocycles. The Bertz CT molecular complexity index is 897. The number of nitrogens with zero attached hydrogens (tertiary/aromatic N) is 4. The van der Waals surface area contributed by atoms with Crippen molar-refractivity contribution in [1.82, 2.24) is 14.8 Å². The molecule has 2 atom stereocenters. The lowest BCUT2D eigenvalue weighted by atomic mass is 9.64. The van der Waals surface area contributed by atoms with Gasteiger partial charge in [0.1, 0.15) is 0 Å². The lowest BCUT2D eigenvalue weighted by Crippen LogP contribution is -2.61. The summed E-state index contributed by atoms with van der Waals surface area (Å²) < 4.78 is 2.22. The molecule has 5 heteroatoms. The molecule has 2 saturated carbocycles. The highest BCUT2D eigenvalue weighted by atomic mass is 16.2. The van der Waals surface area contributed by atoms with Gasteiger partial charge in [-0.1, -0.05) is 76.3 Å². The van der Waals surface area contributed by atoms with E-state index >= 15 is 0 Å². The molecular weight excluding hydrogens is 372 g/mol. The molecule has 0 saturated heterocycles. The van der Waals surface area contributed by atoms with Crippen LogP contribution in [0.1, 0.15) is 78.1 Å². The highest BCUT2D eigenvalue weighted by Gasteiger charge is 2.55. The molecule has 0 bridgehead atoms. The third-order valence-corrected chi connectivity index (χ3v) is 7.58. The Morgan fingerprint density at radius 2 is 1.80 bits per heavy atom. The number of hydrogen-bond donors (Lipinski definition) is 0. The average Bonchev–Trinajstić information content (AvgIpc) is 3.21. The second-order valence-electron chi connectivity index (χ2n) is 10.00. The first kappa shape index (κ1) is 19.8. The number of fused-ring (bicyclic) bond motifs is 4. The van der Waals surface area contributed by atoms with Crippen LogP contribution < -0.4 is 4.90 Å². The third kappa shape index (κ3) is 3.17. The van der Waals surface area contributed by atoms with Crippen LogP contribution in [0.15, 0.2) is 30.3 Å². The van der Waals surface area contributed by atoms with Gasteiger partial charge in [0.25, 0.3) is 0 Å². The van der Waals surface area contributed by atoms with Gasteiger partial charge in [-0.05, 0) is 31.6 Å². The average molecular weight is 407 g/mol. The van der Waals surface area contributed by atoms with Crippen molar-refractivity contribution >= 4 is 11.9 Å². The molecule has 1 spiro atoms. The molecule has 1 aromatic carbocycles. The van der Waals surface area contributed by atoms with Gasteiger partial charge in [-0.25, -0.2) is 4.68 Å². The van der Waals surface area contributed by atoms with Crippen LogP contribution in [0.25, 0.3) is 11.4 Å². The van der Waals surface area contributed by atoms with Crippen LogP contribution in [-0.2, 0) is 10.3 Å². The summed E-state index contributed by atoms with van der Waals surface area (Å²) in [5.41, 5.74) is 1.07. The Labute approximate surface area is 179 Å². The fourth-order valence-corrected chi connectivity index (χ4v) is 6.31. The Balaban J connectivity index is 1.67. The van der Waals surface area contributed by atoms with Gasteiger partial charge in [-0.2, -0.15) is 4.98 Å². The zero-order valence-corrected chi connectivity index (χ0v) is 18.4. The molecule has 0 radical (unpaired) electrons. The van der Waals surface area contributed by atoms with Crippen LogP contribution in [0.2, 0.25) is 0 Å². The summed E-state index contributed by atoms with van der Waals surface area (Å²) in [5, 5.41) is 5.11. The fourth-order valence-electron chi connectivity index (χ4n) is 6.31. The predicted octanol–water partition coefficient (Wildman–Crippen LogP) is 5.56. The van der Waals surface area contributed by atoms with E-state index in [2.05, 4.69) is 35.6 Å². The van der Waals surface area contributed by atoms with E-state index in [1.54, 1.807) is 0 Å². The number of rotatable bonds is 3. The Kier molecular flexibility index (Phi) is 5.16. The third-order valence-electron chi connectivity index (χ3n) is 7.58. The molecule has 3 aliphatic rings. The number of anilines is 1. The molecule has 5 rings (SSSR count). The molecule has 30 heavy (non-hydrogen) atoms. The first-order valence-corrected chi connectivity index (χ1v) is 12.0. The van der Waals surface area contributed by atoms with Gasteiger partial charge in [-0.15, -0.1) is 5.10 Å². The summed E-state index contributed by atoms with van der Waals surface area (Å²) in [4.78, 5) is 20.6. The quantitative estimate of drug-likeness (QED) is 0.671. The second-order valence-corrected chi connectivity index (χ2v) is 10.00. The van der Waals surface area contributed by atoms with Crippen molar-refractivity contribution in [2.75, 3.05) is 4.90 Å². The lowest BCUT2D eigenvalue weighted by Gasteiger charge is -2.55. The van der Waals surface area contributed by atoms with Gasteiger partial charge in [0.05, 0.1) is 5.54 Å². The minimum Gasteiger partial charge on any atom is -0.277 e. The summed E-state index contributed by atoms with van der Waals surface area (Å²) in [6.07, 6.45) is 11.5. The first-order valence-electron chi connectivity index (χ1n) is 12.0. The first-order chi connectivity index (χ1) is 14.6. The summed E-state index contributed by atoms with van der Waals surface area (Å²) in [6, 6.07) is 10.5. The van der Waals surface area contributed by atoms with E-state index in [4.69, 9.17) is 10.1 Å². The van der Waals surface area contributed by atoms with Gasteiger partial charge >= 0.3 is 0 Å². The van der Waals surface area contributed by atoms with Crippen LogP contribution in [0.4, 0.5) is 5.95 Å². The topological polar surface area (TPSA) is 51.0 Å². The summed E-state index contributed by atoms with van der Waals surface area (Å²) >= 11 is 0. The largest absolute Gasteiger partial charge is 0.277 e. The van der Waals surface area contributed by atoms with E-state index in [1.807, 2.05) is 18.2 Å². The number of benzene rings is 1. The maximum atomic E-state index is 13.5. The minimum atomic E-state index is 0.0350. The number of aromatic nitrogens is 3. The van der Waals surface area contributed by atoms with Gasteiger partial charge in [0.2, 0.25) is 11.9 Å². The molecule has 2 aromatic rings. The van der Waals surface area contributed by atoms with Crippen molar-refractivity contribution in [3.8, 4) is 11.4 Å². The van der Waals surface area contributed by atoms with Gasteiger partial charge < -0.3 is 0 Å². The normalized spacial score (nSPS) is 25.2. The maximum Gasteiger partial charge on any atom is 0.231 e. The Morgan fingerprint density at radius 1 is 1.07 bits per heavy atom. The number of carbonyl (C=O) groups excluding carboxylic acids is 1. The van der Waals surface area contributed by atoms with Crippen molar-refractivity contribution in [2.45, 2.75) is 89.6 Å². The number of hydrogen-bond acceptors (Lipinski definition) is 3. The van der Waals surface area contributed by atoms with E-state index in [-0.39, 0.29) is 17.5 Å². The van der Waals surface area contributed by atoms with Crippen LogP contribution in [0.5, 0.6) is 0 Å². The fraction of sp³-hybridized carbons (Fsp3) is 0.640.